The van der Waals surface area contributed by atoms with Crippen molar-refractivity contribution < 1.29 is 17.9 Å². The Morgan fingerprint density at radius 2 is 1.73 bits per heavy atom. The number of nitrogens with two attached hydrogens (primary N) is 1. The molecule has 0 spiro atoms. The van der Waals surface area contributed by atoms with E-state index in [0.717, 1.165) is 0 Å². The third-order valence-electron chi connectivity index (χ3n) is 3.27. The summed E-state index contributed by atoms with van der Waals surface area (Å²) >= 11 is 0. The fourth-order valence-corrected chi connectivity index (χ4v) is 2.44. The van der Waals surface area contributed by atoms with Gasteiger partial charge < -0.3 is 15.8 Å². The number of hydrogen-bond donors (Lipinski definition) is 5. The van der Waals surface area contributed by atoms with Crippen LogP contribution in [-0.4, -0.2) is 27.4 Å². The number of benzene rings is 2. The van der Waals surface area contributed by atoms with Gasteiger partial charge in [0.15, 0.2) is 5.96 Å². The summed E-state index contributed by atoms with van der Waals surface area (Å²) in [5.41, 5.74) is 6.86. The van der Waals surface area contributed by atoms with E-state index in [-0.39, 0.29) is 12.5 Å². The lowest BCUT2D eigenvalue weighted by molar-refractivity contribution is 0.0734. The topological polar surface area (TPSA) is 146 Å². The molecular formula is C16H19N5O4S. The molecule has 10 heteroatoms. The Bertz CT molecular complexity index is 880. The predicted molar refractivity (Wildman–Crippen MR) is 98.2 cm³/mol. The smallest absolute Gasteiger partial charge is 0.343 e. The summed E-state index contributed by atoms with van der Waals surface area (Å²) in [5, 5.41) is 9.75. The fourth-order valence-electron chi connectivity index (χ4n) is 1.94. The Kier molecular flexibility index (Phi) is 6.28. The van der Waals surface area contributed by atoms with Crippen LogP contribution in [0.1, 0.15) is 15.9 Å². The number of esters is 1. The van der Waals surface area contributed by atoms with Crippen LogP contribution in [0.15, 0.2) is 48.5 Å². The summed E-state index contributed by atoms with van der Waals surface area (Å²) in [5.74, 6) is -0.401. The molecule has 0 atom stereocenters. The first-order valence-corrected chi connectivity index (χ1v) is 8.98. The third-order valence-corrected chi connectivity index (χ3v) is 4.33. The van der Waals surface area contributed by atoms with Crippen molar-refractivity contribution in [3.05, 3.63) is 59.7 Å². The van der Waals surface area contributed by atoms with Gasteiger partial charge in [0.05, 0.1) is 5.56 Å². The molecule has 26 heavy (non-hydrogen) atoms. The summed E-state index contributed by atoms with van der Waals surface area (Å²) in [6, 6.07) is 12.8. The Balaban J connectivity index is 1.95. The lowest BCUT2D eigenvalue weighted by Crippen LogP contribution is -2.33. The SMILES string of the molecule is CNS(=O)(=O)NCc1ccc(OC(=O)c2ccc(NC(=N)N)cc2)cc1. The molecule has 6 N–H and O–H groups in total. The van der Waals surface area contributed by atoms with Crippen LogP contribution in [0.5, 0.6) is 5.75 Å². The van der Waals surface area contributed by atoms with Gasteiger partial charge in [-0.3, -0.25) is 5.41 Å². The normalized spacial score (nSPS) is 11.0. The summed E-state index contributed by atoms with van der Waals surface area (Å²) in [6.07, 6.45) is 0. The third kappa shape index (κ3) is 5.84. The molecule has 0 fully saturated rings. The van der Waals surface area contributed by atoms with Gasteiger partial charge in [-0.25, -0.2) is 9.52 Å². The first-order chi connectivity index (χ1) is 12.3. The maximum absolute atomic E-state index is 12.1. The minimum atomic E-state index is -3.51. The number of ether oxygens (including phenoxy) is 1. The highest BCUT2D eigenvalue weighted by Crippen LogP contribution is 2.16. The van der Waals surface area contributed by atoms with Crippen LogP contribution in [0.3, 0.4) is 0 Å². The van der Waals surface area contributed by atoms with Crippen LogP contribution in [0.2, 0.25) is 0 Å². The Labute approximate surface area is 151 Å². The lowest BCUT2D eigenvalue weighted by atomic mass is 10.2. The van der Waals surface area contributed by atoms with Gasteiger partial charge in [0, 0.05) is 19.3 Å². The van der Waals surface area contributed by atoms with Gasteiger partial charge in [0.25, 0.3) is 10.2 Å². The summed E-state index contributed by atoms with van der Waals surface area (Å²) in [7, 11) is -2.19. The van der Waals surface area contributed by atoms with Gasteiger partial charge in [-0.15, -0.1) is 0 Å². The summed E-state index contributed by atoms with van der Waals surface area (Å²) in [6.45, 7) is 0.113. The number of nitrogens with one attached hydrogen (secondary N) is 4. The molecule has 0 aliphatic rings. The minimum Gasteiger partial charge on any atom is -0.423 e. The molecule has 0 saturated heterocycles. The molecule has 0 unspecified atom stereocenters. The van der Waals surface area contributed by atoms with Crippen molar-refractivity contribution in [1.29, 1.82) is 5.41 Å². The molecule has 0 aliphatic carbocycles. The summed E-state index contributed by atoms with van der Waals surface area (Å²) < 4.78 is 32.4. The van der Waals surface area contributed by atoms with Crippen molar-refractivity contribution in [3.8, 4) is 5.75 Å². The van der Waals surface area contributed by atoms with Gasteiger partial charge in [0.2, 0.25) is 0 Å². The Morgan fingerprint density at radius 3 is 2.27 bits per heavy atom. The molecule has 0 saturated carbocycles. The molecule has 0 amide bonds. The largest absolute Gasteiger partial charge is 0.423 e. The molecule has 0 radical (unpaired) electrons. The van der Waals surface area contributed by atoms with E-state index >= 15 is 0 Å². The van der Waals surface area contributed by atoms with E-state index in [2.05, 4.69) is 14.8 Å². The molecule has 0 heterocycles. The number of guanidine groups is 1. The van der Waals surface area contributed by atoms with Crippen LogP contribution in [-0.2, 0) is 16.8 Å². The number of anilines is 1. The molecule has 0 bridgehead atoms. The maximum atomic E-state index is 12.1. The Morgan fingerprint density at radius 1 is 1.12 bits per heavy atom. The van der Waals surface area contributed by atoms with E-state index in [9.17, 15) is 13.2 Å². The van der Waals surface area contributed by atoms with Gasteiger partial charge >= 0.3 is 5.97 Å². The zero-order chi connectivity index (χ0) is 19.2. The van der Waals surface area contributed by atoms with E-state index in [1.165, 1.54) is 7.05 Å². The maximum Gasteiger partial charge on any atom is 0.343 e. The second-order valence-corrected chi connectivity index (χ2v) is 6.88. The Hall–Kier alpha value is -2.95. The van der Waals surface area contributed by atoms with E-state index in [1.807, 2.05) is 0 Å². The monoisotopic (exact) mass is 377 g/mol. The highest BCUT2D eigenvalue weighted by molar-refractivity contribution is 7.87. The number of carbonyl (C=O) groups excluding carboxylic acids is 1. The first kappa shape index (κ1) is 19.4. The van der Waals surface area contributed by atoms with Gasteiger partial charge in [-0.2, -0.15) is 13.1 Å². The van der Waals surface area contributed by atoms with Crippen molar-refractivity contribution in [2.45, 2.75) is 6.54 Å². The van der Waals surface area contributed by atoms with E-state index < -0.39 is 16.2 Å². The van der Waals surface area contributed by atoms with Crippen molar-refractivity contribution in [2.75, 3.05) is 12.4 Å². The number of hydrogen-bond acceptors (Lipinski definition) is 5. The molecule has 2 rings (SSSR count). The standard InChI is InChI=1S/C16H19N5O4S/c1-19-26(23,24)20-10-11-2-8-14(9-3-11)25-15(22)12-4-6-13(7-5-12)21-16(17)18/h2-9,19-20H,10H2,1H3,(H4,17,18,21). The molecule has 2 aromatic rings. The first-order valence-electron chi connectivity index (χ1n) is 7.49. The average Bonchev–Trinajstić information content (AvgIpc) is 2.61. The number of carbonyl (C=O) groups is 1. The van der Waals surface area contributed by atoms with Gasteiger partial charge in [-0.05, 0) is 42.0 Å². The predicted octanol–water partition coefficient (Wildman–Crippen LogP) is 0.765. The van der Waals surface area contributed by atoms with E-state index in [4.69, 9.17) is 15.9 Å². The van der Waals surface area contributed by atoms with E-state index in [1.54, 1.807) is 48.5 Å². The lowest BCUT2D eigenvalue weighted by Gasteiger charge is -2.08. The van der Waals surface area contributed by atoms with E-state index in [0.29, 0.717) is 22.6 Å². The molecule has 138 valence electrons. The molecule has 2 aromatic carbocycles. The molecule has 9 nitrogen and oxygen atoms in total. The highest BCUT2D eigenvalue weighted by Gasteiger charge is 2.09. The number of rotatable bonds is 7. The van der Waals surface area contributed by atoms with Gasteiger partial charge in [-0.1, -0.05) is 12.1 Å². The summed E-state index contributed by atoms with van der Waals surface area (Å²) in [4.78, 5) is 12.1. The zero-order valence-corrected chi connectivity index (χ0v) is 14.8. The van der Waals surface area contributed by atoms with Crippen molar-refractivity contribution in [3.63, 3.8) is 0 Å². The minimum absolute atomic E-state index is 0.113. The highest BCUT2D eigenvalue weighted by atomic mass is 32.2. The van der Waals surface area contributed by atoms with Gasteiger partial charge in [0.1, 0.15) is 5.75 Å². The second kappa shape index (κ2) is 8.43. The van der Waals surface area contributed by atoms with Crippen molar-refractivity contribution in [1.82, 2.24) is 9.44 Å². The van der Waals surface area contributed by atoms with Crippen molar-refractivity contribution >= 4 is 27.8 Å². The van der Waals surface area contributed by atoms with Crippen LogP contribution in [0.25, 0.3) is 0 Å². The molecular weight excluding hydrogens is 358 g/mol. The molecule has 0 aliphatic heterocycles. The van der Waals surface area contributed by atoms with Crippen LogP contribution < -0.4 is 25.2 Å². The average molecular weight is 377 g/mol. The second-order valence-electron chi connectivity index (χ2n) is 5.18. The quantitative estimate of drug-likeness (QED) is 0.208. The fraction of sp³-hybridized carbons (Fsp3) is 0.125. The van der Waals surface area contributed by atoms with Crippen molar-refractivity contribution in [2.24, 2.45) is 5.73 Å². The van der Waals surface area contributed by atoms with Crippen LogP contribution in [0, 0.1) is 5.41 Å². The van der Waals surface area contributed by atoms with Crippen LogP contribution >= 0.6 is 0 Å². The molecule has 0 aromatic heterocycles. The van der Waals surface area contributed by atoms with Crippen LogP contribution in [0.4, 0.5) is 5.69 Å². The zero-order valence-electron chi connectivity index (χ0n) is 13.9.